The van der Waals surface area contributed by atoms with E-state index in [1.165, 1.54) is 24.3 Å². The number of benzene rings is 2. The Hall–Kier alpha value is -3.06. The zero-order chi connectivity index (χ0) is 18.9. The van der Waals surface area contributed by atoms with E-state index in [0.29, 0.717) is 28.5 Å². The van der Waals surface area contributed by atoms with E-state index in [4.69, 9.17) is 21.1 Å². The lowest BCUT2D eigenvalue weighted by Gasteiger charge is -2.09. The zero-order valence-electron chi connectivity index (χ0n) is 14.0. The number of rotatable bonds is 6. The fraction of sp³-hybridized carbons (Fsp3) is 0.167. The summed E-state index contributed by atoms with van der Waals surface area (Å²) in [4.78, 5) is 35.1. The van der Waals surface area contributed by atoms with Crippen LogP contribution in [0.15, 0.2) is 48.5 Å². The minimum atomic E-state index is -0.540. The number of hydrogen-bond donors (Lipinski definition) is 2. The molecule has 0 unspecified atom stereocenters. The van der Waals surface area contributed by atoms with Crippen LogP contribution >= 0.6 is 11.6 Å². The van der Waals surface area contributed by atoms with E-state index >= 15 is 0 Å². The Kier molecular flexibility index (Phi) is 6.99. The Morgan fingerprint density at radius 3 is 2.15 bits per heavy atom. The summed E-state index contributed by atoms with van der Waals surface area (Å²) in [5.74, 6) is -1.05. The van der Waals surface area contributed by atoms with Crippen LogP contribution in [0.4, 0.5) is 0 Å². The summed E-state index contributed by atoms with van der Waals surface area (Å²) < 4.78 is 10.2. The number of hydrogen-bond acceptors (Lipinski definition) is 5. The number of carbonyl (C=O) groups excluding carboxylic acids is 3. The van der Waals surface area contributed by atoms with Crippen LogP contribution in [0, 0.1) is 0 Å². The van der Waals surface area contributed by atoms with E-state index < -0.39 is 17.8 Å². The summed E-state index contributed by atoms with van der Waals surface area (Å²) in [6, 6.07) is 12.4. The van der Waals surface area contributed by atoms with Crippen molar-refractivity contribution in [3.63, 3.8) is 0 Å². The number of amides is 2. The van der Waals surface area contributed by atoms with Gasteiger partial charge in [0.05, 0.1) is 12.2 Å². The van der Waals surface area contributed by atoms with E-state index in [1.807, 2.05) is 0 Å². The molecule has 0 heterocycles. The van der Waals surface area contributed by atoms with Crippen LogP contribution in [0.3, 0.4) is 0 Å². The topological polar surface area (TPSA) is 93.7 Å². The first kappa shape index (κ1) is 19.3. The molecular weight excluding hydrogens is 360 g/mol. The van der Waals surface area contributed by atoms with Crippen molar-refractivity contribution < 1.29 is 23.9 Å². The molecule has 0 saturated heterocycles. The lowest BCUT2D eigenvalue weighted by Crippen LogP contribution is -2.43. The van der Waals surface area contributed by atoms with Crippen LogP contribution in [0.1, 0.15) is 27.6 Å². The normalized spacial score (nSPS) is 9.92. The van der Waals surface area contributed by atoms with Crippen LogP contribution in [0.2, 0.25) is 5.02 Å². The van der Waals surface area contributed by atoms with Crippen molar-refractivity contribution in [2.24, 2.45) is 0 Å². The molecule has 2 aromatic carbocycles. The molecule has 0 saturated carbocycles. The number of hydrazine groups is 1. The maximum atomic E-state index is 11.8. The first-order chi connectivity index (χ1) is 12.5. The second kappa shape index (κ2) is 9.43. The van der Waals surface area contributed by atoms with Gasteiger partial charge in [-0.2, -0.15) is 0 Å². The van der Waals surface area contributed by atoms with Gasteiger partial charge in [0.1, 0.15) is 5.75 Å². The van der Waals surface area contributed by atoms with Gasteiger partial charge in [-0.25, -0.2) is 4.79 Å². The van der Waals surface area contributed by atoms with Crippen LogP contribution in [-0.2, 0) is 9.53 Å². The van der Waals surface area contributed by atoms with Gasteiger partial charge < -0.3 is 9.47 Å². The molecule has 7 nitrogen and oxygen atoms in total. The van der Waals surface area contributed by atoms with Crippen LogP contribution < -0.4 is 15.6 Å². The Morgan fingerprint density at radius 1 is 0.923 bits per heavy atom. The predicted octanol–water partition coefficient (Wildman–Crippen LogP) is 2.36. The number of carbonyl (C=O) groups is 3. The van der Waals surface area contributed by atoms with Gasteiger partial charge in [0.15, 0.2) is 6.61 Å². The molecule has 26 heavy (non-hydrogen) atoms. The SMILES string of the molecule is CCOC(=O)c1ccc(OCC(=O)NNC(=O)c2ccc(Cl)cc2)cc1. The highest BCUT2D eigenvalue weighted by Gasteiger charge is 2.09. The van der Waals surface area contributed by atoms with Crippen molar-refractivity contribution in [3.8, 4) is 5.75 Å². The molecule has 0 spiro atoms. The van der Waals surface area contributed by atoms with Gasteiger partial charge in [-0.15, -0.1) is 0 Å². The monoisotopic (exact) mass is 376 g/mol. The van der Waals surface area contributed by atoms with Crippen LogP contribution in [0.25, 0.3) is 0 Å². The molecule has 0 aliphatic rings. The largest absolute Gasteiger partial charge is 0.484 e. The quantitative estimate of drug-likeness (QED) is 0.596. The molecular formula is C18H17ClN2O5. The second-order valence-electron chi connectivity index (χ2n) is 5.04. The molecule has 0 radical (unpaired) electrons. The van der Waals surface area contributed by atoms with E-state index in [1.54, 1.807) is 31.2 Å². The Morgan fingerprint density at radius 2 is 1.54 bits per heavy atom. The first-order valence-corrected chi connectivity index (χ1v) is 8.12. The van der Waals surface area contributed by atoms with Gasteiger partial charge >= 0.3 is 5.97 Å². The third kappa shape index (κ3) is 5.78. The molecule has 0 aromatic heterocycles. The minimum absolute atomic E-state index is 0.291. The molecule has 0 atom stereocenters. The minimum Gasteiger partial charge on any atom is -0.484 e. The van der Waals surface area contributed by atoms with Crippen LogP contribution in [0.5, 0.6) is 5.75 Å². The summed E-state index contributed by atoms with van der Waals surface area (Å²) in [6.45, 7) is 1.71. The Balaban J connectivity index is 1.77. The molecule has 2 amide bonds. The number of halogens is 1. The van der Waals surface area contributed by atoms with Gasteiger partial charge in [0.2, 0.25) is 0 Å². The van der Waals surface area contributed by atoms with Crippen LogP contribution in [-0.4, -0.2) is 31.0 Å². The molecule has 2 aromatic rings. The van der Waals surface area contributed by atoms with Crippen molar-refractivity contribution in [1.29, 1.82) is 0 Å². The van der Waals surface area contributed by atoms with E-state index in [2.05, 4.69) is 10.9 Å². The third-order valence-corrected chi connectivity index (χ3v) is 3.41. The molecule has 8 heteroatoms. The van der Waals surface area contributed by atoms with Crippen molar-refractivity contribution in [2.75, 3.05) is 13.2 Å². The van der Waals surface area contributed by atoms with Crippen molar-refractivity contribution in [2.45, 2.75) is 6.92 Å². The summed E-state index contributed by atoms with van der Waals surface area (Å²) >= 11 is 5.74. The van der Waals surface area contributed by atoms with E-state index in [-0.39, 0.29) is 6.61 Å². The fourth-order valence-electron chi connectivity index (χ4n) is 1.89. The molecule has 0 bridgehead atoms. The molecule has 0 fully saturated rings. The number of ether oxygens (including phenoxy) is 2. The summed E-state index contributed by atoms with van der Waals surface area (Å²) in [6.07, 6.45) is 0. The highest BCUT2D eigenvalue weighted by Crippen LogP contribution is 2.13. The standard InChI is InChI=1S/C18H17ClN2O5/c1-2-25-18(24)13-5-9-15(10-6-13)26-11-16(22)20-21-17(23)12-3-7-14(19)8-4-12/h3-10H,2,11H2,1H3,(H,20,22)(H,21,23). The third-order valence-electron chi connectivity index (χ3n) is 3.16. The Labute approximate surface area is 155 Å². The van der Waals surface area contributed by atoms with Crippen molar-refractivity contribution in [1.82, 2.24) is 10.9 Å². The molecule has 2 rings (SSSR count). The smallest absolute Gasteiger partial charge is 0.338 e. The number of nitrogens with one attached hydrogen (secondary N) is 2. The molecule has 0 aliphatic heterocycles. The maximum absolute atomic E-state index is 11.8. The summed E-state index contributed by atoms with van der Waals surface area (Å²) in [5, 5.41) is 0.507. The number of esters is 1. The summed E-state index contributed by atoms with van der Waals surface area (Å²) in [5.41, 5.74) is 5.25. The first-order valence-electron chi connectivity index (χ1n) is 7.74. The van der Waals surface area contributed by atoms with Gasteiger partial charge in [-0.1, -0.05) is 11.6 Å². The predicted molar refractivity (Wildman–Crippen MR) is 95.0 cm³/mol. The average molecular weight is 377 g/mol. The lowest BCUT2D eigenvalue weighted by molar-refractivity contribution is -0.123. The molecule has 136 valence electrons. The fourth-order valence-corrected chi connectivity index (χ4v) is 2.01. The highest BCUT2D eigenvalue weighted by molar-refractivity contribution is 6.30. The lowest BCUT2D eigenvalue weighted by atomic mass is 10.2. The molecule has 0 aliphatic carbocycles. The van der Waals surface area contributed by atoms with Gasteiger partial charge in [0, 0.05) is 10.6 Å². The van der Waals surface area contributed by atoms with Gasteiger partial charge in [0.25, 0.3) is 11.8 Å². The van der Waals surface area contributed by atoms with E-state index in [0.717, 1.165) is 0 Å². The van der Waals surface area contributed by atoms with Crippen molar-refractivity contribution >= 4 is 29.4 Å². The van der Waals surface area contributed by atoms with Gasteiger partial charge in [-0.3, -0.25) is 20.4 Å². The maximum Gasteiger partial charge on any atom is 0.338 e. The second-order valence-corrected chi connectivity index (χ2v) is 5.48. The van der Waals surface area contributed by atoms with Gasteiger partial charge in [-0.05, 0) is 55.5 Å². The van der Waals surface area contributed by atoms with E-state index in [9.17, 15) is 14.4 Å². The summed E-state index contributed by atoms with van der Waals surface area (Å²) in [7, 11) is 0. The zero-order valence-corrected chi connectivity index (χ0v) is 14.7. The molecule has 2 N–H and O–H groups in total. The van der Waals surface area contributed by atoms with Crippen molar-refractivity contribution in [3.05, 3.63) is 64.7 Å². The highest BCUT2D eigenvalue weighted by atomic mass is 35.5. The average Bonchev–Trinajstić information content (AvgIpc) is 2.65. The Bertz CT molecular complexity index is 775.